The molecule has 1 aromatic heterocycles. The summed E-state index contributed by atoms with van der Waals surface area (Å²) >= 11 is 1.05. The molecule has 1 aliphatic rings. The van der Waals surface area contributed by atoms with Gasteiger partial charge in [-0.05, 0) is 37.1 Å². The molecule has 25 heavy (non-hydrogen) atoms. The summed E-state index contributed by atoms with van der Waals surface area (Å²) in [6.07, 6.45) is 4.89. The summed E-state index contributed by atoms with van der Waals surface area (Å²) in [6, 6.07) is 3.05. The van der Waals surface area contributed by atoms with Crippen molar-refractivity contribution < 1.29 is 22.7 Å². The van der Waals surface area contributed by atoms with Crippen molar-refractivity contribution in [1.29, 1.82) is 0 Å². The summed E-state index contributed by atoms with van der Waals surface area (Å²) in [5.41, 5.74) is 0. The molecule has 0 radical (unpaired) electrons. The van der Waals surface area contributed by atoms with Crippen LogP contribution < -0.4 is 10.0 Å². The van der Waals surface area contributed by atoms with Gasteiger partial charge in [0.25, 0.3) is 15.9 Å². The summed E-state index contributed by atoms with van der Waals surface area (Å²) < 4.78 is 31.1. The highest BCUT2D eigenvalue weighted by atomic mass is 32.2. The summed E-state index contributed by atoms with van der Waals surface area (Å²) in [6.45, 7) is 1.55. The zero-order valence-electron chi connectivity index (χ0n) is 14.2. The summed E-state index contributed by atoms with van der Waals surface area (Å²) in [7, 11) is -3.73. The van der Waals surface area contributed by atoms with Gasteiger partial charge in [-0.1, -0.05) is 25.3 Å². The number of sulfonamides is 1. The van der Waals surface area contributed by atoms with Crippen molar-refractivity contribution in [3.63, 3.8) is 0 Å². The molecule has 0 saturated heterocycles. The van der Waals surface area contributed by atoms with E-state index in [4.69, 9.17) is 4.74 Å². The molecule has 2 rings (SSSR count). The maximum atomic E-state index is 12.0. The predicted octanol–water partition coefficient (Wildman–Crippen LogP) is 1.65. The fourth-order valence-electron chi connectivity index (χ4n) is 2.71. The number of thiophene rings is 1. The van der Waals surface area contributed by atoms with Gasteiger partial charge in [-0.2, -0.15) is 4.72 Å². The summed E-state index contributed by atoms with van der Waals surface area (Å²) in [5.74, 6) is -0.668. The number of hydrogen-bond acceptors (Lipinski definition) is 6. The SMILES string of the molecule is CC(OC(=O)CNS(=O)(=O)c1cccs1)C(=O)NCC1CCCCC1. The van der Waals surface area contributed by atoms with E-state index < -0.39 is 28.6 Å². The van der Waals surface area contributed by atoms with Crippen LogP contribution in [0.25, 0.3) is 0 Å². The third kappa shape index (κ3) is 6.41. The van der Waals surface area contributed by atoms with E-state index in [1.165, 1.54) is 32.3 Å². The molecule has 0 aromatic carbocycles. The second-order valence-corrected chi connectivity index (χ2v) is 9.08. The lowest BCUT2D eigenvalue weighted by Gasteiger charge is -2.22. The van der Waals surface area contributed by atoms with Gasteiger partial charge in [0.1, 0.15) is 10.8 Å². The Kier molecular flexibility index (Phi) is 7.39. The van der Waals surface area contributed by atoms with E-state index in [9.17, 15) is 18.0 Å². The van der Waals surface area contributed by atoms with Gasteiger partial charge in [-0.25, -0.2) is 8.42 Å². The van der Waals surface area contributed by atoms with E-state index in [1.807, 2.05) is 0 Å². The van der Waals surface area contributed by atoms with Gasteiger partial charge >= 0.3 is 5.97 Å². The lowest BCUT2D eigenvalue weighted by Crippen LogP contribution is -2.40. The van der Waals surface area contributed by atoms with Crippen molar-refractivity contribution in [2.75, 3.05) is 13.1 Å². The Labute approximate surface area is 152 Å². The van der Waals surface area contributed by atoms with E-state index in [1.54, 1.807) is 11.4 Å². The first-order chi connectivity index (χ1) is 11.9. The van der Waals surface area contributed by atoms with E-state index >= 15 is 0 Å². The molecule has 1 fully saturated rings. The van der Waals surface area contributed by atoms with Crippen molar-refractivity contribution in [2.45, 2.75) is 49.3 Å². The minimum atomic E-state index is -3.73. The second-order valence-electron chi connectivity index (χ2n) is 6.14. The lowest BCUT2D eigenvalue weighted by molar-refractivity contribution is -0.153. The number of nitrogens with one attached hydrogen (secondary N) is 2. The van der Waals surface area contributed by atoms with Crippen molar-refractivity contribution in [3.05, 3.63) is 17.5 Å². The second kappa shape index (κ2) is 9.30. The Balaban J connectivity index is 1.71. The first-order valence-corrected chi connectivity index (χ1v) is 10.7. The van der Waals surface area contributed by atoms with Crippen molar-refractivity contribution in [2.24, 2.45) is 5.92 Å². The van der Waals surface area contributed by atoms with Crippen LogP contribution in [0.15, 0.2) is 21.7 Å². The van der Waals surface area contributed by atoms with Gasteiger partial charge in [0.2, 0.25) is 0 Å². The Morgan fingerprint density at radius 2 is 2.04 bits per heavy atom. The Morgan fingerprint density at radius 3 is 2.68 bits per heavy atom. The highest BCUT2D eigenvalue weighted by Crippen LogP contribution is 2.22. The number of rotatable bonds is 8. The Hall–Kier alpha value is -1.45. The molecular formula is C16H24N2O5S2. The average Bonchev–Trinajstić information content (AvgIpc) is 3.14. The Morgan fingerprint density at radius 1 is 1.32 bits per heavy atom. The molecule has 7 nitrogen and oxygen atoms in total. The van der Waals surface area contributed by atoms with Crippen LogP contribution in [0.2, 0.25) is 0 Å². The van der Waals surface area contributed by atoms with Crippen molar-refractivity contribution in [1.82, 2.24) is 10.0 Å². The molecule has 1 aromatic rings. The highest BCUT2D eigenvalue weighted by molar-refractivity contribution is 7.91. The number of carbonyl (C=O) groups excluding carboxylic acids is 2. The van der Waals surface area contributed by atoms with Crippen LogP contribution in [0.4, 0.5) is 0 Å². The number of amides is 1. The molecule has 1 heterocycles. The van der Waals surface area contributed by atoms with Crippen LogP contribution in [0.3, 0.4) is 0 Å². The fraction of sp³-hybridized carbons (Fsp3) is 0.625. The molecule has 1 unspecified atom stereocenters. The Bertz CT molecular complexity index is 667. The monoisotopic (exact) mass is 388 g/mol. The molecule has 0 bridgehead atoms. The standard InChI is InChI=1S/C16H24N2O5S2/c1-12(16(20)17-10-13-6-3-2-4-7-13)23-14(19)11-18-25(21,22)15-8-5-9-24-15/h5,8-9,12-13,18H,2-4,6-7,10-11H2,1H3,(H,17,20). The van der Waals surface area contributed by atoms with E-state index in [2.05, 4.69) is 10.0 Å². The van der Waals surface area contributed by atoms with Gasteiger partial charge in [-0.15, -0.1) is 11.3 Å². The van der Waals surface area contributed by atoms with Gasteiger partial charge in [0.05, 0.1) is 0 Å². The zero-order valence-corrected chi connectivity index (χ0v) is 15.8. The predicted molar refractivity (Wildman–Crippen MR) is 94.6 cm³/mol. The fourth-order valence-corrected chi connectivity index (χ4v) is 4.72. The molecule has 0 spiro atoms. The van der Waals surface area contributed by atoms with Crippen LogP contribution in [0.5, 0.6) is 0 Å². The van der Waals surface area contributed by atoms with E-state index in [-0.39, 0.29) is 10.1 Å². The summed E-state index contributed by atoms with van der Waals surface area (Å²) in [5, 5.41) is 4.43. The van der Waals surface area contributed by atoms with Crippen LogP contribution in [-0.2, 0) is 24.3 Å². The molecule has 1 aliphatic carbocycles. The quantitative estimate of drug-likeness (QED) is 0.660. The van der Waals surface area contributed by atoms with Gasteiger partial charge in [-0.3, -0.25) is 9.59 Å². The van der Waals surface area contributed by atoms with Gasteiger partial charge in [0, 0.05) is 6.54 Å². The number of ether oxygens (including phenoxy) is 1. The maximum Gasteiger partial charge on any atom is 0.321 e. The molecular weight excluding hydrogens is 364 g/mol. The minimum absolute atomic E-state index is 0.124. The maximum absolute atomic E-state index is 12.0. The zero-order chi connectivity index (χ0) is 18.3. The third-order valence-electron chi connectivity index (χ3n) is 4.13. The average molecular weight is 389 g/mol. The smallest absolute Gasteiger partial charge is 0.321 e. The first-order valence-electron chi connectivity index (χ1n) is 8.39. The molecule has 1 saturated carbocycles. The van der Waals surface area contributed by atoms with E-state index in [0.717, 1.165) is 24.2 Å². The highest BCUT2D eigenvalue weighted by Gasteiger charge is 2.22. The van der Waals surface area contributed by atoms with Crippen molar-refractivity contribution >= 4 is 33.2 Å². The molecule has 0 aliphatic heterocycles. The van der Waals surface area contributed by atoms with Crippen LogP contribution in [0, 0.1) is 5.92 Å². The largest absolute Gasteiger partial charge is 0.452 e. The number of carbonyl (C=O) groups is 2. The van der Waals surface area contributed by atoms with E-state index in [0.29, 0.717) is 12.5 Å². The summed E-state index contributed by atoms with van der Waals surface area (Å²) in [4.78, 5) is 23.7. The first kappa shape index (κ1) is 19.9. The molecule has 2 N–H and O–H groups in total. The topological polar surface area (TPSA) is 102 Å². The molecule has 9 heteroatoms. The molecule has 1 atom stereocenters. The van der Waals surface area contributed by atoms with Crippen LogP contribution >= 0.6 is 11.3 Å². The molecule has 1 amide bonds. The number of esters is 1. The van der Waals surface area contributed by atoms with Crippen LogP contribution in [-0.4, -0.2) is 39.5 Å². The van der Waals surface area contributed by atoms with Gasteiger partial charge < -0.3 is 10.1 Å². The molecule has 140 valence electrons. The van der Waals surface area contributed by atoms with Gasteiger partial charge in [0.15, 0.2) is 6.10 Å². The lowest BCUT2D eigenvalue weighted by atomic mass is 9.89. The minimum Gasteiger partial charge on any atom is -0.452 e. The van der Waals surface area contributed by atoms with Crippen molar-refractivity contribution in [3.8, 4) is 0 Å². The number of hydrogen-bond donors (Lipinski definition) is 2. The third-order valence-corrected chi connectivity index (χ3v) is 6.93. The van der Waals surface area contributed by atoms with Crippen LogP contribution in [0.1, 0.15) is 39.0 Å². The normalized spacial score (nSPS) is 17.0.